The molecule has 1 atom stereocenters. The van der Waals surface area contributed by atoms with Gasteiger partial charge in [0.05, 0.1) is 30.4 Å². The average Bonchev–Trinajstić information content (AvgIpc) is 2.93. The Morgan fingerprint density at radius 3 is 2.92 bits per heavy atom. The summed E-state index contributed by atoms with van der Waals surface area (Å²) in [6.07, 6.45) is 2.71. The number of aryl methyl sites for hydroxylation is 2. The maximum absolute atomic E-state index is 12.5. The minimum atomic E-state index is -0.177. The number of carbonyl (C=O) groups excluding carboxylic acids is 2. The van der Waals surface area contributed by atoms with Crippen molar-refractivity contribution in [3.8, 4) is 0 Å². The van der Waals surface area contributed by atoms with Crippen molar-refractivity contribution >= 4 is 23.2 Å². The molecule has 132 valence electrons. The number of amides is 2. The van der Waals surface area contributed by atoms with Gasteiger partial charge in [0.1, 0.15) is 5.01 Å². The van der Waals surface area contributed by atoms with Gasteiger partial charge in [-0.15, -0.1) is 11.3 Å². The van der Waals surface area contributed by atoms with Crippen LogP contribution in [0.3, 0.4) is 0 Å². The monoisotopic (exact) mass is 358 g/mol. The molecule has 1 aliphatic rings. The van der Waals surface area contributed by atoms with E-state index in [2.05, 4.69) is 15.3 Å². The van der Waals surface area contributed by atoms with Gasteiger partial charge in [-0.3, -0.25) is 14.6 Å². The molecule has 1 fully saturated rings. The van der Waals surface area contributed by atoms with Crippen LogP contribution in [0.2, 0.25) is 0 Å². The summed E-state index contributed by atoms with van der Waals surface area (Å²) in [6.45, 7) is 5.34. The molecular weight excluding hydrogens is 336 g/mol. The van der Waals surface area contributed by atoms with Crippen LogP contribution in [0.15, 0.2) is 24.4 Å². The zero-order valence-electron chi connectivity index (χ0n) is 14.5. The fraction of sp³-hybridized carbons (Fsp3) is 0.444. The highest BCUT2D eigenvalue weighted by Crippen LogP contribution is 2.20. The summed E-state index contributed by atoms with van der Waals surface area (Å²) in [4.78, 5) is 36.2. The van der Waals surface area contributed by atoms with Gasteiger partial charge in [0, 0.05) is 24.0 Å². The Balaban J connectivity index is 1.56. The molecule has 0 spiro atoms. The van der Waals surface area contributed by atoms with Crippen molar-refractivity contribution in [1.29, 1.82) is 0 Å². The Labute approximate surface area is 151 Å². The summed E-state index contributed by atoms with van der Waals surface area (Å²) in [7, 11) is 0. The first-order valence-corrected chi connectivity index (χ1v) is 9.23. The van der Waals surface area contributed by atoms with Crippen LogP contribution in [-0.4, -0.2) is 33.2 Å². The van der Waals surface area contributed by atoms with Crippen molar-refractivity contribution in [2.75, 3.05) is 6.54 Å². The summed E-state index contributed by atoms with van der Waals surface area (Å²) < 4.78 is 0. The minimum absolute atomic E-state index is 0.0102. The van der Waals surface area contributed by atoms with Crippen LogP contribution < -0.4 is 5.32 Å². The molecule has 1 aliphatic heterocycles. The van der Waals surface area contributed by atoms with Crippen molar-refractivity contribution < 1.29 is 9.59 Å². The van der Waals surface area contributed by atoms with Gasteiger partial charge in [-0.05, 0) is 32.4 Å². The highest BCUT2D eigenvalue weighted by molar-refractivity contribution is 7.11. The molecular formula is C18H22N4O2S. The maximum atomic E-state index is 12.5. The first-order chi connectivity index (χ1) is 12.0. The molecule has 7 heteroatoms. The summed E-state index contributed by atoms with van der Waals surface area (Å²) in [5.41, 5.74) is 1.85. The zero-order chi connectivity index (χ0) is 17.8. The van der Waals surface area contributed by atoms with E-state index in [0.717, 1.165) is 16.4 Å². The van der Waals surface area contributed by atoms with Crippen LogP contribution >= 0.6 is 11.3 Å². The molecule has 2 aromatic rings. The molecule has 0 radical (unpaired) electrons. The van der Waals surface area contributed by atoms with Crippen LogP contribution in [0.1, 0.15) is 34.1 Å². The topological polar surface area (TPSA) is 75.2 Å². The number of piperidine rings is 1. The Bertz CT molecular complexity index is 740. The van der Waals surface area contributed by atoms with Crippen LogP contribution in [0.5, 0.6) is 0 Å². The lowest BCUT2D eigenvalue weighted by Crippen LogP contribution is -2.45. The molecule has 6 nitrogen and oxygen atoms in total. The second-order valence-corrected chi connectivity index (χ2v) is 7.59. The fourth-order valence-electron chi connectivity index (χ4n) is 2.89. The molecule has 0 aromatic carbocycles. The predicted octanol–water partition coefficient (Wildman–Crippen LogP) is 2.21. The smallest absolute Gasteiger partial charge is 0.225 e. The van der Waals surface area contributed by atoms with Crippen molar-refractivity contribution in [3.63, 3.8) is 0 Å². The highest BCUT2D eigenvalue weighted by Gasteiger charge is 2.30. The third-order valence-electron chi connectivity index (χ3n) is 4.44. The largest absolute Gasteiger partial charge is 0.349 e. The molecule has 1 unspecified atom stereocenters. The molecule has 25 heavy (non-hydrogen) atoms. The Hall–Kier alpha value is -2.28. The fourth-order valence-corrected chi connectivity index (χ4v) is 3.76. The highest BCUT2D eigenvalue weighted by atomic mass is 32.1. The van der Waals surface area contributed by atoms with E-state index in [-0.39, 0.29) is 17.7 Å². The lowest BCUT2D eigenvalue weighted by molar-refractivity contribution is -0.139. The summed E-state index contributed by atoms with van der Waals surface area (Å²) in [5, 5.41) is 3.88. The number of nitrogens with zero attached hydrogens (tertiary/aromatic N) is 3. The number of hydrogen-bond donors (Lipinski definition) is 1. The van der Waals surface area contributed by atoms with E-state index in [1.165, 1.54) is 4.88 Å². The van der Waals surface area contributed by atoms with Crippen molar-refractivity contribution in [1.82, 2.24) is 20.2 Å². The Kier molecular flexibility index (Phi) is 5.43. The molecule has 0 aliphatic carbocycles. The molecule has 1 saturated heterocycles. The van der Waals surface area contributed by atoms with Gasteiger partial charge in [-0.25, -0.2) is 4.98 Å². The number of thiazole rings is 1. The SMILES string of the molecule is Cc1nc(CNC(=O)C2CCC(=O)N(Cc3ccccn3)C2)sc1C. The van der Waals surface area contributed by atoms with Crippen molar-refractivity contribution in [2.24, 2.45) is 5.92 Å². The second-order valence-electron chi connectivity index (χ2n) is 6.30. The van der Waals surface area contributed by atoms with Gasteiger partial charge in [0.25, 0.3) is 0 Å². The summed E-state index contributed by atoms with van der Waals surface area (Å²) >= 11 is 1.61. The zero-order valence-corrected chi connectivity index (χ0v) is 15.3. The normalized spacial score (nSPS) is 17.6. The van der Waals surface area contributed by atoms with E-state index in [1.807, 2.05) is 32.0 Å². The summed E-state index contributed by atoms with van der Waals surface area (Å²) in [5.74, 6) is -0.103. The van der Waals surface area contributed by atoms with E-state index in [0.29, 0.717) is 32.5 Å². The molecule has 0 bridgehead atoms. The Morgan fingerprint density at radius 2 is 2.24 bits per heavy atom. The molecule has 1 N–H and O–H groups in total. The number of rotatable bonds is 5. The average molecular weight is 358 g/mol. The number of hydrogen-bond acceptors (Lipinski definition) is 5. The molecule has 0 saturated carbocycles. The first kappa shape index (κ1) is 17.5. The lowest BCUT2D eigenvalue weighted by Gasteiger charge is -2.31. The van der Waals surface area contributed by atoms with Gasteiger partial charge in [0.2, 0.25) is 11.8 Å². The molecule has 3 heterocycles. The predicted molar refractivity (Wildman–Crippen MR) is 95.8 cm³/mol. The van der Waals surface area contributed by atoms with E-state index in [4.69, 9.17) is 0 Å². The third-order valence-corrected chi connectivity index (χ3v) is 5.51. The van der Waals surface area contributed by atoms with E-state index < -0.39 is 0 Å². The minimum Gasteiger partial charge on any atom is -0.349 e. The number of nitrogens with one attached hydrogen (secondary N) is 1. The van der Waals surface area contributed by atoms with Gasteiger partial charge in [0.15, 0.2) is 0 Å². The number of likely N-dealkylation sites (tertiary alicyclic amines) is 1. The van der Waals surface area contributed by atoms with Crippen molar-refractivity contribution in [3.05, 3.63) is 45.7 Å². The van der Waals surface area contributed by atoms with Gasteiger partial charge < -0.3 is 10.2 Å². The number of carbonyl (C=O) groups is 2. The van der Waals surface area contributed by atoms with Crippen LogP contribution in [-0.2, 0) is 22.7 Å². The van der Waals surface area contributed by atoms with Crippen molar-refractivity contribution in [2.45, 2.75) is 39.8 Å². The van der Waals surface area contributed by atoms with Gasteiger partial charge >= 0.3 is 0 Å². The third kappa shape index (κ3) is 4.42. The van der Waals surface area contributed by atoms with Gasteiger partial charge in [-0.2, -0.15) is 0 Å². The van der Waals surface area contributed by atoms with Crippen LogP contribution in [0.25, 0.3) is 0 Å². The maximum Gasteiger partial charge on any atom is 0.225 e. The van der Waals surface area contributed by atoms with Gasteiger partial charge in [-0.1, -0.05) is 6.07 Å². The summed E-state index contributed by atoms with van der Waals surface area (Å²) in [6, 6.07) is 5.64. The standard InChI is InChI=1S/C18H22N4O2S/c1-12-13(2)25-16(21-12)9-20-18(24)14-6-7-17(23)22(10-14)11-15-5-3-4-8-19-15/h3-5,8,14H,6-7,9-11H2,1-2H3,(H,20,24). The van der Waals surface area contributed by atoms with E-state index >= 15 is 0 Å². The quantitative estimate of drug-likeness (QED) is 0.889. The van der Waals surface area contributed by atoms with Crippen LogP contribution in [0.4, 0.5) is 0 Å². The second kappa shape index (κ2) is 7.74. The van der Waals surface area contributed by atoms with E-state index in [9.17, 15) is 9.59 Å². The molecule has 2 aromatic heterocycles. The number of pyridine rings is 1. The lowest BCUT2D eigenvalue weighted by atomic mass is 9.96. The molecule has 3 rings (SSSR count). The first-order valence-electron chi connectivity index (χ1n) is 8.41. The number of aromatic nitrogens is 2. The molecule has 2 amide bonds. The van der Waals surface area contributed by atoms with E-state index in [1.54, 1.807) is 22.4 Å². The Morgan fingerprint density at radius 1 is 1.40 bits per heavy atom. The van der Waals surface area contributed by atoms with Crippen LogP contribution in [0, 0.1) is 19.8 Å².